The molecule has 8 nitrogen and oxygen atoms in total. The minimum atomic E-state index is -0.507. The average Bonchev–Trinajstić information content (AvgIpc) is 3.10. The molecule has 0 unspecified atom stereocenters. The zero-order chi connectivity index (χ0) is 23.5. The molecule has 0 spiro atoms. The lowest BCUT2D eigenvalue weighted by atomic mass is 10.00. The van der Waals surface area contributed by atoms with Crippen LogP contribution in [0.15, 0.2) is 41.3 Å². The van der Waals surface area contributed by atoms with Gasteiger partial charge in [0.25, 0.3) is 11.1 Å². The summed E-state index contributed by atoms with van der Waals surface area (Å²) in [4.78, 5) is 41.3. The van der Waals surface area contributed by atoms with Gasteiger partial charge in [0.1, 0.15) is 12.3 Å². The third-order valence-electron chi connectivity index (χ3n) is 5.67. The van der Waals surface area contributed by atoms with Gasteiger partial charge in [-0.1, -0.05) is 24.3 Å². The Labute approximate surface area is 196 Å². The Morgan fingerprint density at radius 2 is 1.67 bits per heavy atom. The molecule has 172 valence electrons. The van der Waals surface area contributed by atoms with Gasteiger partial charge in [-0.2, -0.15) is 0 Å². The normalized spacial score (nSPS) is 16.8. The van der Waals surface area contributed by atoms with E-state index < -0.39 is 11.1 Å². The number of carbonyl (C=O) groups excluding carboxylic acids is 3. The zero-order valence-corrected chi connectivity index (χ0v) is 19.4. The highest BCUT2D eigenvalue weighted by molar-refractivity contribution is 8.18. The first-order chi connectivity index (χ1) is 15.9. The molecule has 0 N–H and O–H groups in total. The minimum Gasteiger partial charge on any atom is -0.496 e. The largest absolute Gasteiger partial charge is 0.496 e. The minimum absolute atomic E-state index is 0.210. The number of imide groups is 1. The number of ether oxygens (including phenoxy) is 3. The van der Waals surface area contributed by atoms with E-state index in [1.54, 1.807) is 23.1 Å². The summed E-state index contributed by atoms with van der Waals surface area (Å²) in [6, 6.07) is 11.3. The van der Waals surface area contributed by atoms with Gasteiger partial charge in [-0.3, -0.25) is 19.3 Å². The molecule has 2 aliphatic rings. The number of nitrogens with zero attached hydrogens (tertiary/aromatic N) is 2. The third-order valence-corrected chi connectivity index (χ3v) is 6.58. The number of amides is 3. The van der Waals surface area contributed by atoms with E-state index in [9.17, 15) is 14.4 Å². The first kappa shape index (κ1) is 22.7. The van der Waals surface area contributed by atoms with E-state index in [0.29, 0.717) is 35.9 Å². The number of carbonyl (C=O) groups is 3. The predicted octanol–water partition coefficient (Wildman–Crippen LogP) is 3.33. The van der Waals surface area contributed by atoms with Crippen molar-refractivity contribution in [1.82, 2.24) is 9.80 Å². The third kappa shape index (κ3) is 4.54. The molecule has 2 aromatic rings. The average molecular weight is 469 g/mol. The van der Waals surface area contributed by atoms with Gasteiger partial charge in [0.15, 0.2) is 11.5 Å². The molecule has 2 heterocycles. The molecule has 0 aromatic heterocycles. The van der Waals surface area contributed by atoms with Crippen LogP contribution < -0.4 is 14.2 Å². The van der Waals surface area contributed by atoms with Gasteiger partial charge in [0.05, 0.1) is 26.2 Å². The number of fused-ring (bicyclic) bond motifs is 1. The molecule has 4 rings (SSSR count). The number of benzene rings is 2. The lowest BCUT2D eigenvalue weighted by Crippen LogP contribution is -2.44. The SMILES string of the molecule is COc1cc(OC)c(OC)cc1/C=C1/SC(=O)N(CC(=O)N2CCc3ccccc3C2)C1=O. The number of hydrogen-bond acceptors (Lipinski definition) is 7. The van der Waals surface area contributed by atoms with Crippen LogP contribution in [0.1, 0.15) is 16.7 Å². The fourth-order valence-corrected chi connectivity index (χ4v) is 4.72. The molecule has 9 heteroatoms. The highest BCUT2D eigenvalue weighted by Gasteiger charge is 2.37. The molecule has 2 aromatic carbocycles. The van der Waals surface area contributed by atoms with Crippen molar-refractivity contribution in [2.75, 3.05) is 34.4 Å². The second-order valence-corrected chi connectivity index (χ2v) is 8.54. The standard InChI is InChI=1S/C24H24N2O6S/c1-30-18-12-20(32-3)19(31-2)10-17(18)11-21-23(28)26(24(29)33-21)14-22(27)25-9-8-15-6-4-5-7-16(15)13-25/h4-7,10-12H,8-9,13-14H2,1-3H3/b21-11+. The van der Waals surface area contributed by atoms with E-state index in [0.717, 1.165) is 28.6 Å². The Hall–Kier alpha value is -3.46. The first-order valence-corrected chi connectivity index (χ1v) is 11.2. The van der Waals surface area contributed by atoms with Crippen LogP contribution in [0.4, 0.5) is 4.79 Å². The maximum atomic E-state index is 13.0. The topological polar surface area (TPSA) is 85.4 Å². The van der Waals surface area contributed by atoms with Crippen LogP contribution in [-0.4, -0.2) is 61.3 Å². The molecule has 33 heavy (non-hydrogen) atoms. The summed E-state index contributed by atoms with van der Waals surface area (Å²) in [5, 5.41) is -0.476. The van der Waals surface area contributed by atoms with Crippen LogP contribution >= 0.6 is 11.8 Å². The van der Waals surface area contributed by atoms with Crippen LogP contribution in [0, 0.1) is 0 Å². The lowest BCUT2D eigenvalue weighted by molar-refractivity contribution is -0.136. The Bertz CT molecular complexity index is 1150. The van der Waals surface area contributed by atoms with Crippen LogP contribution in [0.25, 0.3) is 6.08 Å². The molecule has 1 saturated heterocycles. The highest BCUT2D eigenvalue weighted by Crippen LogP contribution is 2.39. The summed E-state index contributed by atoms with van der Waals surface area (Å²) >= 11 is 0.797. The molecular weight excluding hydrogens is 444 g/mol. The second kappa shape index (κ2) is 9.58. The lowest BCUT2D eigenvalue weighted by Gasteiger charge is -2.29. The quantitative estimate of drug-likeness (QED) is 0.601. The number of hydrogen-bond donors (Lipinski definition) is 0. The van der Waals surface area contributed by atoms with Crippen molar-refractivity contribution in [1.29, 1.82) is 0 Å². The van der Waals surface area contributed by atoms with Gasteiger partial charge in [-0.25, -0.2) is 0 Å². The van der Waals surface area contributed by atoms with Gasteiger partial charge >= 0.3 is 0 Å². The number of thioether (sulfide) groups is 1. The fraction of sp³-hybridized carbons (Fsp3) is 0.292. The summed E-state index contributed by atoms with van der Waals surface area (Å²) in [6.45, 7) is 0.752. The Balaban J connectivity index is 1.51. The van der Waals surface area contributed by atoms with Gasteiger partial charge in [0.2, 0.25) is 5.91 Å². The zero-order valence-electron chi connectivity index (χ0n) is 18.6. The molecule has 0 aliphatic carbocycles. The number of methoxy groups -OCH3 is 3. The van der Waals surface area contributed by atoms with E-state index in [1.165, 1.54) is 26.9 Å². The van der Waals surface area contributed by atoms with Gasteiger partial charge in [-0.05, 0) is 41.5 Å². The van der Waals surface area contributed by atoms with Crippen LogP contribution in [0.3, 0.4) is 0 Å². The van der Waals surface area contributed by atoms with Crippen molar-refractivity contribution in [3.8, 4) is 17.2 Å². The van der Waals surface area contributed by atoms with E-state index in [2.05, 4.69) is 6.07 Å². The first-order valence-electron chi connectivity index (χ1n) is 10.3. The Kier molecular flexibility index (Phi) is 6.60. The summed E-state index contributed by atoms with van der Waals surface area (Å²) in [6.07, 6.45) is 2.32. The smallest absolute Gasteiger partial charge is 0.294 e. The van der Waals surface area contributed by atoms with Crippen molar-refractivity contribution in [3.63, 3.8) is 0 Å². The summed E-state index contributed by atoms with van der Waals surface area (Å²) in [5.41, 5.74) is 2.87. The van der Waals surface area contributed by atoms with Crippen molar-refractivity contribution in [2.45, 2.75) is 13.0 Å². The maximum absolute atomic E-state index is 13.0. The summed E-state index contributed by atoms with van der Waals surface area (Å²) < 4.78 is 16.0. The molecular formula is C24H24N2O6S. The van der Waals surface area contributed by atoms with E-state index in [1.807, 2.05) is 18.2 Å². The van der Waals surface area contributed by atoms with E-state index in [4.69, 9.17) is 14.2 Å². The summed E-state index contributed by atoms with van der Waals surface area (Å²) in [7, 11) is 4.52. The van der Waals surface area contributed by atoms with Crippen molar-refractivity contribution in [2.24, 2.45) is 0 Å². The van der Waals surface area contributed by atoms with Crippen molar-refractivity contribution in [3.05, 3.63) is 58.0 Å². The van der Waals surface area contributed by atoms with Crippen LogP contribution in [-0.2, 0) is 22.6 Å². The molecule has 2 aliphatic heterocycles. The monoisotopic (exact) mass is 468 g/mol. The van der Waals surface area contributed by atoms with Crippen LogP contribution in [0.2, 0.25) is 0 Å². The number of rotatable bonds is 6. The highest BCUT2D eigenvalue weighted by atomic mass is 32.2. The predicted molar refractivity (Wildman–Crippen MR) is 124 cm³/mol. The van der Waals surface area contributed by atoms with Crippen molar-refractivity contribution >= 4 is 34.9 Å². The maximum Gasteiger partial charge on any atom is 0.294 e. The molecule has 1 fully saturated rings. The second-order valence-electron chi connectivity index (χ2n) is 7.55. The fourth-order valence-electron chi connectivity index (χ4n) is 3.89. The molecule has 0 bridgehead atoms. The summed E-state index contributed by atoms with van der Waals surface area (Å²) in [5.74, 6) is 0.643. The molecule has 0 atom stereocenters. The Morgan fingerprint density at radius 3 is 2.36 bits per heavy atom. The molecule has 3 amide bonds. The van der Waals surface area contributed by atoms with Gasteiger partial charge < -0.3 is 19.1 Å². The van der Waals surface area contributed by atoms with E-state index >= 15 is 0 Å². The van der Waals surface area contributed by atoms with E-state index in [-0.39, 0.29) is 17.4 Å². The Morgan fingerprint density at radius 1 is 1.00 bits per heavy atom. The molecule has 0 radical (unpaired) electrons. The van der Waals surface area contributed by atoms with Crippen molar-refractivity contribution < 1.29 is 28.6 Å². The van der Waals surface area contributed by atoms with Gasteiger partial charge in [0, 0.05) is 24.7 Å². The van der Waals surface area contributed by atoms with Gasteiger partial charge in [-0.15, -0.1) is 0 Å². The van der Waals surface area contributed by atoms with Crippen LogP contribution in [0.5, 0.6) is 17.2 Å². The molecule has 0 saturated carbocycles.